The van der Waals surface area contributed by atoms with Gasteiger partial charge in [0.05, 0.1) is 17.3 Å². The van der Waals surface area contributed by atoms with Crippen LogP contribution in [0.1, 0.15) is 26.6 Å². The Balaban J connectivity index is 1.52. The summed E-state index contributed by atoms with van der Waals surface area (Å²) in [7, 11) is 0. The number of hydrogen-bond acceptors (Lipinski definition) is 4. The van der Waals surface area contributed by atoms with E-state index in [1.54, 1.807) is 21.9 Å². The van der Waals surface area contributed by atoms with Crippen molar-refractivity contribution >= 4 is 22.7 Å². The van der Waals surface area contributed by atoms with Gasteiger partial charge in [-0.3, -0.25) is 14.6 Å². The van der Waals surface area contributed by atoms with Crippen molar-refractivity contribution in [3.63, 3.8) is 0 Å². The third-order valence-corrected chi connectivity index (χ3v) is 4.66. The summed E-state index contributed by atoms with van der Waals surface area (Å²) in [4.78, 5) is 33.4. The average Bonchev–Trinajstić information content (AvgIpc) is 3.21. The van der Waals surface area contributed by atoms with Gasteiger partial charge in [0.15, 0.2) is 5.76 Å². The zero-order valence-electron chi connectivity index (χ0n) is 14.5. The van der Waals surface area contributed by atoms with Gasteiger partial charge in [0, 0.05) is 37.3 Å². The lowest BCUT2D eigenvalue weighted by atomic mass is 10.1. The summed E-state index contributed by atoms with van der Waals surface area (Å²) in [5.41, 5.74) is 2.31. The Kier molecular flexibility index (Phi) is 4.16. The number of aromatic nitrogens is 1. The smallest absolute Gasteiger partial charge is 0.289 e. The van der Waals surface area contributed by atoms with E-state index in [-0.39, 0.29) is 11.8 Å². The monoisotopic (exact) mass is 349 g/mol. The highest BCUT2D eigenvalue weighted by molar-refractivity contribution is 6.06. The van der Waals surface area contributed by atoms with Crippen LogP contribution in [-0.2, 0) is 0 Å². The summed E-state index contributed by atoms with van der Waals surface area (Å²) in [6.45, 7) is 3.88. The van der Waals surface area contributed by atoms with Gasteiger partial charge in [-0.15, -0.1) is 0 Å². The zero-order chi connectivity index (χ0) is 18.1. The molecule has 1 saturated heterocycles. The number of pyridine rings is 1. The Morgan fingerprint density at radius 2 is 1.65 bits per heavy atom. The van der Waals surface area contributed by atoms with Gasteiger partial charge in [0.25, 0.3) is 11.8 Å². The third kappa shape index (κ3) is 2.94. The predicted molar refractivity (Wildman–Crippen MR) is 97.0 cm³/mol. The minimum absolute atomic E-state index is 0.0169. The quantitative estimate of drug-likeness (QED) is 0.713. The molecule has 1 aromatic carbocycles. The van der Waals surface area contributed by atoms with Crippen molar-refractivity contribution in [3.8, 4) is 0 Å². The zero-order valence-corrected chi connectivity index (χ0v) is 14.5. The third-order valence-electron chi connectivity index (χ3n) is 4.66. The second-order valence-corrected chi connectivity index (χ2v) is 6.39. The number of fused-ring (bicyclic) bond motifs is 1. The molecule has 0 aliphatic carbocycles. The minimum Gasteiger partial charge on any atom is -0.459 e. The molecule has 0 N–H and O–H groups in total. The molecule has 6 nitrogen and oxygen atoms in total. The van der Waals surface area contributed by atoms with Gasteiger partial charge in [-0.1, -0.05) is 18.2 Å². The average molecular weight is 349 g/mol. The Morgan fingerprint density at radius 1 is 0.962 bits per heavy atom. The number of aryl methyl sites for hydroxylation is 1. The molecule has 26 heavy (non-hydrogen) atoms. The Bertz CT molecular complexity index is 958. The highest BCUT2D eigenvalue weighted by Gasteiger charge is 2.27. The largest absolute Gasteiger partial charge is 0.459 e. The number of benzene rings is 1. The lowest BCUT2D eigenvalue weighted by molar-refractivity contribution is 0.0519. The van der Waals surface area contributed by atoms with Crippen molar-refractivity contribution in [3.05, 3.63) is 65.7 Å². The van der Waals surface area contributed by atoms with Crippen LogP contribution in [0.5, 0.6) is 0 Å². The van der Waals surface area contributed by atoms with Gasteiger partial charge in [-0.25, -0.2) is 0 Å². The minimum atomic E-state index is -0.132. The maximum Gasteiger partial charge on any atom is 0.289 e. The van der Waals surface area contributed by atoms with Gasteiger partial charge in [-0.2, -0.15) is 0 Å². The van der Waals surface area contributed by atoms with Crippen LogP contribution in [0.2, 0.25) is 0 Å². The first-order chi connectivity index (χ1) is 12.6. The maximum absolute atomic E-state index is 13.0. The molecule has 0 spiro atoms. The molecular weight excluding hydrogens is 330 g/mol. The van der Waals surface area contributed by atoms with E-state index in [0.29, 0.717) is 37.5 Å². The van der Waals surface area contributed by atoms with Gasteiger partial charge in [0.1, 0.15) is 0 Å². The van der Waals surface area contributed by atoms with Crippen molar-refractivity contribution in [2.24, 2.45) is 0 Å². The Labute approximate surface area is 151 Å². The van der Waals surface area contributed by atoms with Gasteiger partial charge < -0.3 is 14.2 Å². The summed E-state index contributed by atoms with van der Waals surface area (Å²) < 4.78 is 5.17. The second-order valence-electron chi connectivity index (χ2n) is 6.39. The van der Waals surface area contributed by atoms with Crippen molar-refractivity contribution in [2.45, 2.75) is 6.92 Å². The number of carbonyl (C=O) groups is 2. The van der Waals surface area contributed by atoms with E-state index < -0.39 is 0 Å². The van der Waals surface area contributed by atoms with Crippen LogP contribution in [0.4, 0.5) is 0 Å². The molecule has 3 aromatic rings. The fourth-order valence-electron chi connectivity index (χ4n) is 3.32. The number of para-hydroxylation sites is 1. The van der Waals surface area contributed by atoms with E-state index in [1.807, 2.05) is 37.3 Å². The first-order valence-electron chi connectivity index (χ1n) is 8.62. The molecule has 0 bridgehead atoms. The number of piperazine rings is 1. The topological polar surface area (TPSA) is 66.7 Å². The van der Waals surface area contributed by atoms with Gasteiger partial charge in [-0.05, 0) is 31.2 Å². The molecule has 2 amide bonds. The van der Waals surface area contributed by atoms with E-state index in [0.717, 1.165) is 16.6 Å². The van der Waals surface area contributed by atoms with E-state index >= 15 is 0 Å². The van der Waals surface area contributed by atoms with Gasteiger partial charge in [0.2, 0.25) is 0 Å². The molecule has 1 aliphatic heterocycles. The first-order valence-corrected chi connectivity index (χ1v) is 8.62. The van der Waals surface area contributed by atoms with Crippen LogP contribution >= 0.6 is 0 Å². The molecular formula is C20H19N3O3. The number of amides is 2. The van der Waals surface area contributed by atoms with Crippen molar-refractivity contribution in [1.29, 1.82) is 0 Å². The highest BCUT2D eigenvalue weighted by atomic mass is 16.3. The van der Waals surface area contributed by atoms with E-state index in [2.05, 4.69) is 4.98 Å². The number of hydrogen-bond donors (Lipinski definition) is 0. The molecule has 132 valence electrons. The fraction of sp³-hybridized carbons (Fsp3) is 0.250. The molecule has 1 aliphatic rings. The van der Waals surface area contributed by atoms with Crippen molar-refractivity contribution in [2.75, 3.05) is 26.2 Å². The van der Waals surface area contributed by atoms with E-state index in [4.69, 9.17) is 4.42 Å². The normalized spacial score (nSPS) is 14.7. The summed E-state index contributed by atoms with van der Waals surface area (Å²) in [6, 6.07) is 12.9. The maximum atomic E-state index is 13.0. The van der Waals surface area contributed by atoms with Crippen LogP contribution in [-0.4, -0.2) is 52.8 Å². The van der Waals surface area contributed by atoms with Crippen LogP contribution < -0.4 is 0 Å². The van der Waals surface area contributed by atoms with Crippen LogP contribution in [0.15, 0.2) is 53.1 Å². The molecule has 6 heteroatoms. The fourth-order valence-corrected chi connectivity index (χ4v) is 3.32. The predicted octanol–water partition coefficient (Wildman–Crippen LogP) is 2.73. The van der Waals surface area contributed by atoms with Crippen LogP contribution in [0.3, 0.4) is 0 Å². The molecule has 0 unspecified atom stereocenters. The lowest BCUT2D eigenvalue weighted by Crippen LogP contribution is -2.50. The SMILES string of the molecule is Cc1cc(C(=O)N2CCN(C(=O)c3ccco3)CC2)c2ccccc2n1. The number of rotatable bonds is 2. The van der Waals surface area contributed by atoms with Crippen molar-refractivity contribution < 1.29 is 14.0 Å². The molecule has 4 rings (SSSR count). The summed E-state index contributed by atoms with van der Waals surface area (Å²) in [5, 5.41) is 0.859. The van der Waals surface area contributed by atoms with E-state index in [9.17, 15) is 9.59 Å². The van der Waals surface area contributed by atoms with Crippen LogP contribution in [0, 0.1) is 6.92 Å². The lowest BCUT2D eigenvalue weighted by Gasteiger charge is -2.34. The van der Waals surface area contributed by atoms with Crippen molar-refractivity contribution in [1.82, 2.24) is 14.8 Å². The summed E-state index contributed by atoms with van der Waals surface area (Å²) in [6.07, 6.45) is 1.49. The number of furan rings is 1. The molecule has 2 aromatic heterocycles. The van der Waals surface area contributed by atoms with Crippen LogP contribution in [0.25, 0.3) is 10.9 Å². The summed E-state index contributed by atoms with van der Waals surface area (Å²) >= 11 is 0. The molecule has 1 fully saturated rings. The first kappa shape index (κ1) is 16.3. The molecule has 0 atom stereocenters. The number of carbonyl (C=O) groups excluding carboxylic acids is 2. The second kappa shape index (κ2) is 6.63. The summed E-state index contributed by atoms with van der Waals surface area (Å²) in [5.74, 6) is 0.185. The van der Waals surface area contributed by atoms with Gasteiger partial charge >= 0.3 is 0 Å². The standard InChI is InChI=1S/C20H19N3O3/c1-14-13-16(15-5-2-3-6-17(15)21-14)19(24)22-8-10-23(11-9-22)20(25)18-7-4-12-26-18/h2-7,12-13H,8-11H2,1H3. The highest BCUT2D eigenvalue weighted by Crippen LogP contribution is 2.21. The van der Waals surface area contributed by atoms with E-state index in [1.165, 1.54) is 6.26 Å². The molecule has 3 heterocycles. The number of nitrogens with zero attached hydrogens (tertiary/aromatic N) is 3. The molecule has 0 radical (unpaired) electrons. The Morgan fingerprint density at radius 3 is 2.35 bits per heavy atom. The Hall–Kier alpha value is -3.15. The molecule has 0 saturated carbocycles.